The molecule has 0 atom stereocenters. The Labute approximate surface area is 194 Å². The van der Waals surface area contributed by atoms with E-state index < -0.39 is 17.8 Å². The SMILES string of the molecule is CCC(=O)NCCN(CCNC(=O)CI)C(=O)CCCCC(=O)ON1C(=O)CCC1=O. The van der Waals surface area contributed by atoms with E-state index in [1.165, 1.54) is 0 Å². The molecule has 0 saturated carbocycles. The number of hydrogen-bond acceptors (Lipinski definition) is 7. The van der Waals surface area contributed by atoms with Crippen LogP contribution in [0.1, 0.15) is 51.9 Å². The van der Waals surface area contributed by atoms with Crippen LogP contribution in [0.2, 0.25) is 0 Å². The molecule has 1 fully saturated rings. The number of carbonyl (C=O) groups is 6. The highest BCUT2D eigenvalue weighted by molar-refractivity contribution is 14.1. The lowest BCUT2D eigenvalue weighted by molar-refractivity contribution is -0.197. The fraction of sp³-hybridized carbons (Fsp3) is 0.684. The van der Waals surface area contributed by atoms with Gasteiger partial charge in [0.1, 0.15) is 0 Å². The second kappa shape index (κ2) is 14.7. The maximum Gasteiger partial charge on any atom is 0.333 e. The molecule has 12 heteroatoms. The first-order valence-corrected chi connectivity index (χ1v) is 11.7. The molecule has 0 aromatic rings. The van der Waals surface area contributed by atoms with Gasteiger partial charge in [0.2, 0.25) is 17.7 Å². The lowest BCUT2D eigenvalue weighted by Crippen LogP contribution is -2.42. The highest BCUT2D eigenvalue weighted by Crippen LogP contribution is 2.13. The summed E-state index contributed by atoms with van der Waals surface area (Å²) in [5, 5.41) is 5.92. The van der Waals surface area contributed by atoms with Crippen LogP contribution in [0.3, 0.4) is 0 Å². The van der Waals surface area contributed by atoms with Crippen molar-refractivity contribution in [1.29, 1.82) is 0 Å². The minimum atomic E-state index is -0.698. The van der Waals surface area contributed by atoms with E-state index in [1.807, 2.05) is 22.6 Å². The van der Waals surface area contributed by atoms with E-state index in [0.717, 1.165) is 0 Å². The van der Waals surface area contributed by atoms with Gasteiger partial charge in [-0.1, -0.05) is 29.5 Å². The first kappa shape index (κ1) is 26.8. The van der Waals surface area contributed by atoms with Crippen LogP contribution >= 0.6 is 22.6 Å². The molecular weight excluding hydrogens is 523 g/mol. The molecule has 0 unspecified atom stereocenters. The molecular formula is C19H29IN4O7. The quantitative estimate of drug-likeness (QED) is 0.134. The average molecular weight is 552 g/mol. The Kier molecular flexibility index (Phi) is 12.7. The first-order valence-electron chi connectivity index (χ1n) is 10.2. The summed E-state index contributed by atoms with van der Waals surface area (Å²) in [6.07, 6.45) is 1.34. The molecule has 2 N–H and O–H groups in total. The van der Waals surface area contributed by atoms with Crippen molar-refractivity contribution in [2.24, 2.45) is 0 Å². The zero-order valence-electron chi connectivity index (χ0n) is 17.6. The van der Waals surface area contributed by atoms with Crippen LogP contribution in [0.25, 0.3) is 0 Å². The molecule has 0 aromatic carbocycles. The number of halogens is 1. The van der Waals surface area contributed by atoms with Gasteiger partial charge in [0.25, 0.3) is 11.8 Å². The highest BCUT2D eigenvalue weighted by atomic mass is 127. The zero-order valence-corrected chi connectivity index (χ0v) is 19.8. The fourth-order valence-electron chi connectivity index (χ4n) is 2.70. The number of amides is 5. The first-order chi connectivity index (χ1) is 14.8. The summed E-state index contributed by atoms with van der Waals surface area (Å²) in [6.45, 7) is 2.97. The molecule has 174 valence electrons. The standard InChI is InChI=1S/C19H29IN4O7/c1-2-14(25)21-9-11-23(12-10-22-15(26)13-20)16(27)5-3-4-6-19(30)31-24-17(28)7-8-18(24)29/h2-13H2,1H3,(H,21,25)(H,22,26). The lowest BCUT2D eigenvalue weighted by Gasteiger charge is -2.23. The topological polar surface area (TPSA) is 142 Å². The molecule has 0 radical (unpaired) electrons. The van der Waals surface area contributed by atoms with E-state index >= 15 is 0 Å². The molecule has 1 aliphatic heterocycles. The van der Waals surface area contributed by atoms with Gasteiger partial charge < -0.3 is 20.4 Å². The number of hydroxylamine groups is 2. The number of hydrogen-bond donors (Lipinski definition) is 2. The van der Waals surface area contributed by atoms with Crippen molar-refractivity contribution < 1.29 is 33.6 Å². The van der Waals surface area contributed by atoms with Crippen LogP contribution < -0.4 is 10.6 Å². The minimum absolute atomic E-state index is 0.0252. The summed E-state index contributed by atoms with van der Waals surface area (Å²) in [7, 11) is 0. The van der Waals surface area contributed by atoms with Crippen molar-refractivity contribution in [3.8, 4) is 0 Å². The van der Waals surface area contributed by atoms with E-state index in [4.69, 9.17) is 4.84 Å². The largest absolute Gasteiger partial charge is 0.354 e. The van der Waals surface area contributed by atoms with Crippen LogP contribution in [0.15, 0.2) is 0 Å². The van der Waals surface area contributed by atoms with Crippen LogP contribution in [0.5, 0.6) is 0 Å². The number of imide groups is 1. The fourth-order valence-corrected chi connectivity index (χ4v) is 2.97. The van der Waals surface area contributed by atoms with E-state index in [2.05, 4.69) is 10.6 Å². The second-order valence-corrected chi connectivity index (χ2v) is 7.58. The number of alkyl halides is 1. The Morgan fingerprint density at radius 2 is 1.52 bits per heavy atom. The maximum absolute atomic E-state index is 12.5. The summed E-state index contributed by atoms with van der Waals surface area (Å²) in [4.78, 5) is 76.3. The molecule has 1 aliphatic rings. The molecule has 1 heterocycles. The third-order valence-electron chi connectivity index (χ3n) is 4.42. The van der Waals surface area contributed by atoms with Crippen molar-refractivity contribution in [1.82, 2.24) is 20.6 Å². The number of nitrogens with one attached hydrogen (secondary N) is 2. The van der Waals surface area contributed by atoms with Crippen molar-refractivity contribution in [2.75, 3.05) is 30.6 Å². The predicted molar refractivity (Wildman–Crippen MR) is 117 cm³/mol. The predicted octanol–water partition coefficient (Wildman–Crippen LogP) is 0.0600. The Morgan fingerprint density at radius 1 is 0.968 bits per heavy atom. The van der Waals surface area contributed by atoms with Crippen molar-refractivity contribution >= 4 is 58.1 Å². The number of nitrogens with zero attached hydrogens (tertiary/aromatic N) is 2. The Morgan fingerprint density at radius 3 is 2.06 bits per heavy atom. The third-order valence-corrected chi connectivity index (χ3v) is 5.12. The van der Waals surface area contributed by atoms with Crippen LogP contribution in [0, 0.1) is 0 Å². The van der Waals surface area contributed by atoms with Gasteiger partial charge in [-0.15, -0.1) is 5.06 Å². The van der Waals surface area contributed by atoms with E-state index in [-0.39, 0.29) is 43.4 Å². The molecule has 0 aromatic heterocycles. The molecule has 1 rings (SSSR count). The van der Waals surface area contributed by atoms with E-state index in [1.54, 1.807) is 11.8 Å². The van der Waals surface area contributed by atoms with Crippen molar-refractivity contribution in [3.05, 3.63) is 0 Å². The molecule has 1 saturated heterocycles. The number of rotatable bonds is 14. The van der Waals surface area contributed by atoms with Gasteiger partial charge in [-0.25, -0.2) is 4.79 Å². The van der Waals surface area contributed by atoms with Gasteiger partial charge in [-0.05, 0) is 12.8 Å². The summed E-state index contributed by atoms with van der Waals surface area (Å²) >= 11 is 1.94. The van der Waals surface area contributed by atoms with Gasteiger partial charge in [-0.2, -0.15) is 0 Å². The molecule has 11 nitrogen and oxygen atoms in total. The van der Waals surface area contributed by atoms with Crippen LogP contribution in [-0.4, -0.2) is 76.1 Å². The van der Waals surface area contributed by atoms with Crippen LogP contribution in [0.4, 0.5) is 0 Å². The average Bonchev–Trinajstić information content (AvgIpc) is 3.06. The van der Waals surface area contributed by atoms with Gasteiger partial charge >= 0.3 is 5.97 Å². The summed E-state index contributed by atoms with van der Waals surface area (Å²) in [6, 6.07) is 0. The normalized spacial score (nSPS) is 13.2. The molecule has 0 spiro atoms. The zero-order chi connectivity index (χ0) is 23.2. The number of carbonyl (C=O) groups excluding carboxylic acids is 6. The summed E-state index contributed by atoms with van der Waals surface area (Å²) in [5.74, 6) is -2.16. The van der Waals surface area contributed by atoms with Gasteiger partial charge in [0, 0.05) is 58.3 Å². The molecule has 31 heavy (non-hydrogen) atoms. The molecule has 5 amide bonds. The van der Waals surface area contributed by atoms with E-state index in [9.17, 15) is 28.8 Å². The lowest BCUT2D eigenvalue weighted by atomic mass is 10.2. The Hall–Kier alpha value is -2.25. The molecule has 0 bridgehead atoms. The number of unbranched alkanes of at least 4 members (excludes halogenated alkanes) is 1. The van der Waals surface area contributed by atoms with Crippen molar-refractivity contribution in [3.63, 3.8) is 0 Å². The monoisotopic (exact) mass is 552 g/mol. The summed E-state index contributed by atoms with van der Waals surface area (Å²) in [5.41, 5.74) is 0. The van der Waals surface area contributed by atoms with Gasteiger partial charge in [-0.3, -0.25) is 24.0 Å². The summed E-state index contributed by atoms with van der Waals surface area (Å²) < 4.78 is 0.322. The van der Waals surface area contributed by atoms with E-state index in [0.29, 0.717) is 54.9 Å². The second-order valence-electron chi connectivity index (χ2n) is 6.82. The van der Waals surface area contributed by atoms with Crippen molar-refractivity contribution in [2.45, 2.75) is 51.9 Å². The Balaban J connectivity index is 2.38. The smallest absolute Gasteiger partial charge is 0.333 e. The van der Waals surface area contributed by atoms with Crippen LogP contribution in [-0.2, 0) is 33.6 Å². The highest BCUT2D eigenvalue weighted by Gasteiger charge is 2.32. The minimum Gasteiger partial charge on any atom is -0.354 e. The van der Waals surface area contributed by atoms with Gasteiger partial charge in [0.05, 0.1) is 4.43 Å². The Bertz CT molecular complexity index is 648. The molecule has 0 aliphatic carbocycles. The third kappa shape index (κ3) is 10.6. The van der Waals surface area contributed by atoms with Gasteiger partial charge in [0.15, 0.2) is 0 Å². The maximum atomic E-state index is 12.5.